The van der Waals surface area contributed by atoms with Gasteiger partial charge in [0.1, 0.15) is 34.5 Å². The van der Waals surface area contributed by atoms with E-state index in [2.05, 4.69) is 60.3 Å². The molecular weight excluding hydrogens is 684 g/mol. The maximum absolute atomic E-state index is 14.4. The van der Waals surface area contributed by atoms with Crippen LogP contribution in [0.1, 0.15) is 66.5 Å². The highest BCUT2D eigenvalue weighted by atomic mass is 79.9. The number of carbonyl (C=O) groups is 3. The lowest BCUT2D eigenvalue weighted by Crippen LogP contribution is -2.47. The number of Topliss-reactive ketones (excluding diaryl/α,β-unsaturated/α-hetero) is 1. The van der Waals surface area contributed by atoms with Crippen molar-refractivity contribution in [3.8, 4) is 11.1 Å². The molecule has 0 radical (unpaired) electrons. The highest BCUT2D eigenvalue weighted by Crippen LogP contribution is 2.60. The summed E-state index contributed by atoms with van der Waals surface area (Å²) in [4.78, 5) is 58.9. The normalized spacial score (nSPS) is 22.9. The monoisotopic (exact) mass is 724 g/mol. The lowest BCUT2D eigenvalue weighted by atomic mass is 9.98. The number of benzene rings is 1. The molecule has 2 bridgehead atoms. The highest BCUT2D eigenvalue weighted by Gasteiger charge is 2.67. The third-order valence-corrected chi connectivity index (χ3v) is 10.7. The summed E-state index contributed by atoms with van der Waals surface area (Å²) in [5.41, 5.74) is 4.37. The molecule has 1 saturated carbocycles. The number of allylic oxidation sites excluding steroid dienone is 2. The third-order valence-electron chi connectivity index (χ3n) is 10.2. The summed E-state index contributed by atoms with van der Waals surface area (Å²) in [6.07, 6.45) is 13.2. The van der Waals surface area contributed by atoms with E-state index in [0.29, 0.717) is 40.2 Å². The van der Waals surface area contributed by atoms with E-state index in [-0.39, 0.29) is 35.6 Å². The van der Waals surface area contributed by atoms with Crippen LogP contribution in [0.15, 0.2) is 53.4 Å². The molecule has 1 N–H and O–H groups in total. The second kappa shape index (κ2) is 13.2. The molecule has 2 amide bonds. The summed E-state index contributed by atoms with van der Waals surface area (Å²) in [7, 11) is 2.14. The SMILES string of the molecule is CC(=O)c1nn(CC(=O)N2[C@H]3C[C@]4(C[C@@H]24)CN(C)CCCCC=CCc2ccc(Br)nc2NC3=O)c2c(C)cc(-c3cnc(C)nc3)cc12. The summed E-state index contributed by atoms with van der Waals surface area (Å²) in [6, 6.07) is 7.08. The molecule has 3 aliphatic rings. The molecule has 12 heteroatoms. The second-order valence-corrected chi connectivity index (χ2v) is 14.7. The molecule has 1 saturated heterocycles. The predicted octanol–water partition coefficient (Wildman–Crippen LogP) is 5.68. The first-order valence-electron chi connectivity index (χ1n) is 16.9. The summed E-state index contributed by atoms with van der Waals surface area (Å²) in [6.45, 7) is 6.98. The fraction of sp³-hybridized carbons (Fsp3) is 0.432. The quantitative estimate of drug-likeness (QED) is 0.162. The number of nitrogens with one attached hydrogen (secondary N) is 1. The van der Waals surface area contributed by atoms with Crippen LogP contribution in [-0.2, 0) is 22.6 Å². The molecule has 1 spiro atoms. The summed E-state index contributed by atoms with van der Waals surface area (Å²) >= 11 is 3.46. The number of ketones is 1. The number of pyridine rings is 1. The lowest BCUT2D eigenvalue weighted by molar-refractivity contribution is -0.138. The topological polar surface area (TPSA) is 126 Å². The van der Waals surface area contributed by atoms with Gasteiger partial charge in [-0.25, -0.2) is 15.0 Å². The maximum Gasteiger partial charge on any atom is 0.248 e. The van der Waals surface area contributed by atoms with E-state index in [0.717, 1.165) is 66.5 Å². The lowest BCUT2D eigenvalue weighted by Gasteiger charge is -2.27. The minimum absolute atomic E-state index is 0.0474. The van der Waals surface area contributed by atoms with Crippen molar-refractivity contribution >= 4 is 50.2 Å². The Hall–Kier alpha value is -4.29. The number of nitrogens with zero attached hydrogens (tertiary/aromatic N) is 7. The number of rotatable bonds is 4. The van der Waals surface area contributed by atoms with E-state index in [4.69, 9.17) is 5.10 Å². The fourth-order valence-corrected chi connectivity index (χ4v) is 8.10. The van der Waals surface area contributed by atoms with Crippen molar-refractivity contribution in [1.29, 1.82) is 0 Å². The Morgan fingerprint density at radius 2 is 1.86 bits per heavy atom. The van der Waals surface area contributed by atoms with Gasteiger partial charge >= 0.3 is 0 Å². The number of piperidine rings is 1. The van der Waals surface area contributed by atoms with Crippen LogP contribution >= 0.6 is 15.9 Å². The standard InChI is InChI=1S/C37H41BrN8O3/c1-22-14-26(27-18-39-24(3)40-19-27)15-28-33(23(2)47)43-45(34(22)28)20-32(48)46-29-16-37(17-30(37)46)21-44(4)13-9-7-5-6-8-10-25-11-12-31(38)41-35(25)42-36(29)49/h6,8,11-12,14-15,18-19,29-30H,5,7,9-10,13,16-17,20-21H2,1-4H3,(H,41,42,49)/t29-,30+,37-/m0/s1. The zero-order valence-corrected chi connectivity index (χ0v) is 30.0. The van der Waals surface area contributed by atoms with Crippen molar-refractivity contribution < 1.29 is 14.4 Å². The van der Waals surface area contributed by atoms with E-state index in [1.807, 2.05) is 38.1 Å². The van der Waals surface area contributed by atoms with Gasteiger partial charge in [0.25, 0.3) is 0 Å². The van der Waals surface area contributed by atoms with Crippen LogP contribution < -0.4 is 5.32 Å². The number of anilines is 1. The van der Waals surface area contributed by atoms with Crippen LogP contribution in [0.25, 0.3) is 22.0 Å². The van der Waals surface area contributed by atoms with Crippen molar-refractivity contribution in [2.24, 2.45) is 5.41 Å². The Labute approximate surface area is 294 Å². The first kappa shape index (κ1) is 33.2. The van der Waals surface area contributed by atoms with Crippen LogP contribution in [0.3, 0.4) is 0 Å². The molecule has 2 fully saturated rings. The first-order chi connectivity index (χ1) is 23.5. The van der Waals surface area contributed by atoms with Gasteiger partial charge in [0.15, 0.2) is 5.78 Å². The molecule has 4 aromatic rings. The van der Waals surface area contributed by atoms with Crippen LogP contribution in [0, 0.1) is 19.3 Å². The highest BCUT2D eigenvalue weighted by molar-refractivity contribution is 9.10. The molecule has 49 heavy (non-hydrogen) atoms. The molecule has 5 heterocycles. The molecule has 254 valence electrons. The number of hydrogen-bond donors (Lipinski definition) is 1. The molecule has 1 aliphatic carbocycles. The third kappa shape index (κ3) is 6.55. The van der Waals surface area contributed by atoms with E-state index < -0.39 is 6.04 Å². The zero-order valence-electron chi connectivity index (χ0n) is 28.4. The average molecular weight is 726 g/mol. The Kier molecular flexibility index (Phi) is 8.95. The largest absolute Gasteiger partial charge is 0.325 e. The number of aromatic nitrogens is 5. The Morgan fingerprint density at radius 1 is 1.06 bits per heavy atom. The van der Waals surface area contributed by atoms with Gasteiger partial charge in [-0.2, -0.15) is 5.10 Å². The Bertz CT molecular complexity index is 1990. The van der Waals surface area contributed by atoms with Gasteiger partial charge in [-0.1, -0.05) is 18.2 Å². The first-order valence-corrected chi connectivity index (χ1v) is 17.7. The molecule has 1 aromatic carbocycles. The van der Waals surface area contributed by atoms with Crippen molar-refractivity contribution in [3.05, 3.63) is 76.1 Å². The van der Waals surface area contributed by atoms with E-state index in [9.17, 15) is 14.4 Å². The molecular formula is C37H41BrN8O3. The fourth-order valence-electron chi connectivity index (χ4n) is 7.79. The van der Waals surface area contributed by atoms with Gasteiger partial charge in [0.05, 0.1) is 5.52 Å². The van der Waals surface area contributed by atoms with Crippen LogP contribution in [-0.4, -0.2) is 84.4 Å². The molecule has 7 rings (SSSR count). The van der Waals surface area contributed by atoms with Crippen molar-refractivity contribution in [1.82, 2.24) is 34.5 Å². The maximum atomic E-state index is 14.4. The number of likely N-dealkylation sites (tertiary alicyclic amines) is 1. The van der Waals surface area contributed by atoms with Gasteiger partial charge in [-0.3, -0.25) is 19.1 Å². The molecule has 3 aromatic heterocycles. The summed E-state index contributed by atoms with van der Waals surface area (Å²) in [5, 5.41) is 8.46. The minimum atomic E-state index is -0.653. The van der Waals surface area contributed by atoms with Gasteiger partial charge < -0.3 is 15.1 Å². The second-order valence-electron chi connectivity index (χ2n) is 13.9. The van der Waals surface area contributed by atoms with Crippen LogP contribution in [0.2, 0.25) is 0 Å². The minimum Gasteiger partial charge on any atom is -0.325 e. The number of hydrogen-bond acceptors (Lipinski definition) is 8. The molecule has 3 atom stereocenters. The Balaban J connectivity index is 1.22. The molecule has 11 nitrogen and oxygen atoms in total. The van der Waals surface area contributed by atoms with Crippen molar-refractivity contribution in [3.63, 3.8) is 0 Å². The summed E-state index contributed by atoms with van der Waals surface area (Å²) < 4.78 is 2.27. The van der Waals surface area contributed by atoms with Gasteiger partial charge in [0, 0.05) is 48.3 Å². The van der Waals surface area contributed by atoms with E-state index >= 15 is 0 Å². The average Bonchev–Trinajstić information content (AvgIpc) is 3.44. The predicted molar refractivity (Wildman–Crippen MR) is 191 cm³/mol. The molecule has 2 aliphatic heterocycles. The number of aryl methyl sites for hydroxylation is 2. The zero-order chi connectivity index (χ0) is 34.4. The van der Waals surface area contributed by atoms with Crippen LogP contribution in [0.5, 0.6) is 0 Å². The number of halogens is 1. The van der Waals surface area contributed by atoms with Gasteiger partial charge in [-0.05, 0) is 117 Å². The van der Waals surface area contributed by atoms with Gasteiger partial charge in [-0.15, -0.1) is 0 Å². The smallest absolute Gasteiger partial charge is 0.248 e. The molecule has 0 unspecified atom stereocenters. The number of carbonyl (C=O) groups excluding carboxylic acids is 3. The van der Waals surface area contributed by atoms with Crippen molar-refractivity contribution in [2.45, 2.75) is 77.9 Å². The van der Waals surface area contributed by atoms with E-state index in [1.54, 1.807) is 22.0 Å². The van der Waals surface area contributed by atoms with Gasteiger partial charge in [0.2, 0.25) is 11.8 Å². The number of amides is 2. The number of fused-ring (bicyclic) bond motifs is 3. The van der Waals surface area contributed by atoms with Crippen LogP contribution in [0.4, 0.5) is 5.82 Å². The van der Waals surface area contributed by atoms with E-state index in [1.165, 1.54) is 6.92 Å². The van der Waals surface area contributed by atoms with Crippen molar-refractivity contribution in [2.75, 3.05) is 25.5 Å². The Morgan fingerprint density at radius 3 is 2.63 bits per heavy atom. The summed E-state index contributed by atoms with van der Waals surface area (Å²) in [5.74, 6) is 0.566.